The highest BCUT2D eigenvalue weighted by Crippen LogP contribution is 2.26. The van der Waals surface area contributed by atoms with Crippen LogP contribution in [-0.2, 0) is 0 Å². The maximum atomic E-state index is 13.1. The van der Waals surface area contributed by atoms with Gasteiger partial charge in [-0.3, -0.25) is 0 Å². The SMILES string of the molecule is CC1CN(c2ccc(F)c(Br)c2)CCC1N. The molecule has 0 bridgehead atoms. The first kappa shape index (κ1) is 11.9. The maximum Gasteiger partial charge on any atom is 0.137 e. The summed E-state index contributed by atoms with van der Waals surface area (Å²) in [5, 5.41) is 0. The van der Waals surface area contributed by atoms with Gasteiger partial charge in [0.05, 0.1) is 4.47 Å². The summed E-state index contributed by atoms with van der Waals surface area (Å²) in [6, 6.07) is 5.45. The van der Waals surface area contributed by atoms with Crippen molar-refractivity contribution < 1.29 is 4.39 Å². The average molecular weight is 287 g/mol. The molecule has 2 unspecified atom stereocenters. The lowest BCUT2D eigenvalue weighted by molar-refractivity contribution is 0.383. The van der Waals surface area contributed by atoms with Crippen LogP contribution in [0.2, 0.25) is 0 Å². The Morgan fingerprint density at radius 3 is 2.88 bits per heavy atom. The number of piperidine rings is 1. The number of hydrogen-bond acceptors (Lipinski definition) is 2. The zero-order valence-corrected chi connectivity index (χ0v) is 10.9. The number of nitrogens with zero attached hydrogens (tertiary/aromatic N) is 1. The van der Waals surface area contributed by atoms with E-state index in [1.54, 1.807) is 0 Å². The van der Waals surface area contributed by atoms with E-state index in [0.29, 0.717) is 16.4 Å². The first-order valence-electron chi connectivity index (χ1n) is 5.53. The van der Waals surface area contributed by atoms with Crippen molar-refractivity contribution in [2.24, 2.45) is 11.7 Å². The lowest BCUT2D eigenvalue weighted by Crippen LogP contribution is -2.45. The predicted octanol–water partition coefficient (Wildman–Crippen LogP) is 2.76. The Hall–Kier alpha value is -0.610. The van der Waals surface area contributed by atoms with E-state index >= 15 is 0 Å². The second-order valence-electron chi connectivity index (χ2n) is 4.47. The monoisotopic (exact) mass is 286 g/mol. The van der Waals surface area contributed by atoms with Gasteiger partial charge in [0.25, 0.3) is 0 Å². The third-order valence-corrected chi connectivity index (χ3v) is 3.85. The third kappa shape index (κ3) is 2.38. The summed E-state index contributed by atoms with van der Waals surface area (Å²) in [5.74, 6) is 0.267. The molecule has 0 amide bonds. The normalized spacial score (nSPS) is 25.9. The van der Waals surface area contributed by atoms with Crippen molar-refractivity contribution >= 4 is 21.6 Å². The molecule has 0 aliphatic carbocycles. The minimum atomic E-state index is -0.217. The van der Waals surface area contributed by atoms with Crippen LogP contribution in [-0.4, -0.2) is 19.1 Å². The topological polar surface area (TPSA) is 29.3 Å². The zero-order valence-electron chi connectivity index (χ0n) is 9.29. The van der Waals surface area contributed by atoms with Crippen LogP contribution >= 0.6 is 15.9 Å². The molecule has 1 heterocycles. The largest absolute Gasteiger partial charge is 0.371 e. The highest BCUT2D eigenvalue weighted by Gasteiger charge is 2.23. The molecule has 1 fully saturated rings. The van der Waals surface area contributed by atoms with Gasteiger partial charge in [-0.05, 0) is 46.5 Å². The summed E-state index contributed by atoms with van der Waals surface area (Å²) in [7, 11) is 0. The lowest BCUT2D eigenvalue weighted by Gasteiger charge is -2.36. The Morgan fingerprint density at radius 2 is 2.25 bits per heavy atom. The van der Waals surface area contributed by atoms with Crippen LogP contribution in [0.3, 0.4) is 0 Å². The van der Waals surface area contributed by atoms with Crippen molar-refractivity contribution in [2.45, 2.75) is 19.4 Å². The molecule has 1 aliphatic rings. The summed E-state index contributed by atoms with van der Waals surface area (Å²) in [5.41, 5.74) is 7.04. The fourth-order valence-corrected chi connectivity index (χ4v) is 2.45. The molecular weight excluding hydrogens is 271 g/mol. The molecule has 88 valence electrons. The first-order valence-corrected chi connectivity index (χ1v) is 6.33. The number of rotatable bonds is 1. The van der Waals surface area contributed by atoms with E-state index in [0.717, 1.165) is 25.2 Å². The average Bonchev–Trinajstić information content (AvgIpc) is 2.26. The first-order chi connectivity index (χ1) is 7.58. The Balaban J connectivity index is 2.15. The highest BCUT2D eigenvalue weighted by molar-refractivity contribution is 9.10. The Morgan fingerprint density at radius 1 is 1.50 bits per heavy atom. The van der Waals surface area contributed by atoms with Gasteiger partial charge in [0.2, 0.25) is 0 Å². The van der Waals surface area contributed by atoms with Gasteiger partial charge >= 0.3 is 0 Å². The summed E-state index contributed by atoms with van der Waals surface area (Å²) >= 11 is 3.21. The number of anilines is 1. The van der Waals surface area contributed by atoms with Gasteiger partial charge in [0.15, 0.2) is 0 Å². The van der Waals surface area contributed by atoms with Crippen molar-refractivity contribution in [1.82, 2.24) is 0 Å². The fourth-order valence-electron chi connectivity index (χ4n) is 2.08. The Bertz CT molecular complexity index is 383. The fraction of sp³-hybridized carbons (Fsp3) is 0.500. The summed E-state index contributed by atoms with van der Waals surface area (Å²) in [6.45, 7) is 4.05. The van der Waals surface area contributed by atoms with E-state index in [4.69, 9.17) is 5.73 Å². The van der Waals surface area contributed by atoms with Gasteiger partial charge in [-0.15, -0.1) is 0 Å². The van der Waals surface area contributed by atoms with Crippen molar-refractivity contribution in [2.75, 3.05) is 18.0 Å². The molecule has 2 N–H and O–H groups in total. The lowest BCUT2D eigenvalue weighted by atomic mass is 9.94. The van der Waals surface area contributed by atoms with Crippen LogP contribution in [0.25, 0.3) is 0 Å². The van der Waals surface area contributed by atoms with Gasteiger partial charge in [-0.1, -0.05) is 6.92 Å². The molecule has 0 spiro atoms. The van der Waals surface area contributed by atoms with Gasteiger partial charge in [-0.2, -0.15) is 0 Å². The predicted molar refractivity (Wildman–Crippen MR) is 68.1 cm³/mol. The van der Waals surface area contributed by atoms with Gasteiger partial charge in [-0.25, -0.2) is 4.39 Å². The van der Waals surface area contributed by atoms with Crippen LogP contribution in [0.5, 0.6) is 0 Å². The molecule has 0 saturated carbocycles. The minimum Gasteiger partial charge on any atom is -0.371 e. The third-order valence-electron chi connectivity index (χ3n) is 3.24. The molecular formula is C12H16BrFN2. The van der Waals surface area contributed by atoms with Crippen molar-refractivity contribution in [3.8, 4) is 0 Å². The van der Waals surface area contributed by atoms with Crippen molar-refractivity contribution in [3.63, 3.8) is 0 Å². The van der Waals surface area contributed by atoms with Crippen LogP contribution in [0.15, 0.2) is 22.7 Å². The Kier molecular flexibility index (Phi) is 3.50. The van der Waals surface area contributed by atoms with E-state index in [2.05, 4.69) is 27.8 Å². The molecule has 2 nitrogen and oxygen atoms in total. The van der Waals surface area contributed by atoms with E-state index < -0.39 is 0 Å². The number of hydrogen-bond donors (Lipinski definition) is 1. The summed E-state index contributed by atoms with van der Waals surface area (Å²) in [4.78, 5) is 2.26. The van der Waals surface area contributed by atoms with Crippen molar-refractivity contribution in [1.29, 1.82) is 0 Å². The molecule has 1 aliphatic heterocycles. The van der Waals surface area contributed by atoms with Crippen molar-refractivity contribution in [3.05, 3.63) is 28.5 Å². The van der Waals surface area contributed by atoms with Gasteiger partial charge in [0, 0.05) is 24.8 Å². The molecule has 0 radical (unpaired) electrons. The molecule has 2 atom stereocenters. The molecule has 1 aromatic rings. The molecule has 4 heteroatoms. The van der Waals surface area contributed by atoms with Gasteiger partial charge in [0.1, 0.15) is 5.82 Å². The number of benzene rings is 1. The second kappa shape index (κ2) is 4.72. The molecule has 1 saturated heterocycles. The highest BCUT2D eigenvalue weighted by atomic mass is 79.9. The maximum absolute atomic E-state index is 13.1. The number of halogens is 2. The van der Waals surface area contributed by atoms with E-state index in [-0.39, 0.29) is 5.82 Å². The van der Waals surface area contributed by atoms with Crippen LogP contribution in [0.4, 0.5) is 10.1 Å². The smallest absolute Gasteiger partial charge is 0.137 e. The summed E-state index contributed by atoms with van der Waals surface area (Å²) in [6.07, 6.45) is 0.996. The molecule has 0 aromatic heterocycles. The van der Waals surface area contributed by atoms with E-state index in [1.807, 2.05) is 12.1 Å². The van der Waals surface area contributed by atoms with Gasteiger partial charge < -0.3 is 10.6 Å². The zero-order chi connectivity index (χ0) is 11.7. The van der Waals surface area contributed by atoms with E-state index in [9.17, 15) is 4.39 Å². The number of nitrogens with two attached hydrogens (primary N) is 1. The van der Waals surface area contributed by atoms with Crippen LogP contribution in [0.1, 0.15) is 13.3 Å². The van der Waals surface area contributed by atoms with Crippen LogP contribution < -0.4 is 10.6 Å². The quantitative estimate of drug-likeness (QED) is 0.860. The standard InChI is InChI=1S/C12H16BrFN2/c1-8-7-16(5-4-12(8)15)9-2-3-11(14)10(13)6-9/h2-3,6,8,12H,4-5,7,15H2,1H3. The Labute approximate surface area is 104 Å². The second-order valence-corrected chi connectivity index (χ2v) is 5.33. The molecule has 16 heavy (non-hydrogen) atoms. The van der Waals surface area contributed by atoms with E-state index in [1.165, 1.54) is 6.07 Å². The minimum absolute atomic E-state index is 0.217. The summed E-state index contributed by atoms with van der Waals surface area (Å²) < 4.78 is 13.6. The molecule has 2 rings (SSSR count). The molecule has 1 aromatic carbocycles. The van der Waals surface area contributed by atoms with Crippen LogP contribution in [0, 0.1) is 11.7 Å².